The van der Waals surface area contributed by atoms with Crippen LogP contribution in [-0.4, -0.2) is 50.6 Å². The molecule has 12 heteroatoms. The molecule has 4 aromatic rings. The van der Waals surface area contributed by atoms with Crippen LogP contribution in [0.25, 0.3) is 5.69 Å². The summed E-state index contributed by atoms with van der Waals surface area (Å²) in [6.07, 6.45) is 0.981. The highest BCUT2D eigenvalue weighted by Gasteiger charge is 2.27. The Balaban J connectivity index is 1.75. The van der Waals surface area contributed by atoms with Gasteiger partial charge in [0.15, 0.2) is 11.6 Å². The van der Waals surface area contributed by atoms with Crippen molar-refractivity contribution in [1.82, 2.24) is 19.8 Å². The van der Waals surface area contributed by atoms with Crippen LogP contribution in [0, 0.1) is 11.6 Å². The number of hydrogen-bond donors (Lipinski definition) is 1. The van der Waals surface area contributed by atoms with Crippen molar-refractivity contribution in [3.05, 3.63) is 100.0 Å². The van der Waals surface area contributed by atoms with E-state index in [0.29, 0.717) is 22.2 Å². The lowest BCUT2D eigenvalue weighted by atomic mass is 10.1. The zero-order chi connectivity index (χ0) is 26.5. The van der Waals surface area contributed by atoms with Gasteiger partial charge in [0.25, 0.3) is 0 Å². The van der Waals surface area contributed by atoms with E-state index in [2.05, 4.69) is 10.4 Å². The molecule has 1 amide bonds. The maximum absolute atomic E-state index is 14.3. The number of anilines is 1. The molecule has 0 aliphatic rings. The number of rotatable bonds is 8. The first-order valence-electron chi connectivity index (χ1n) is 11.1. The van der Waals surface area contributed by atoms with Gasteiger partial charge in [0.05, 0.1) is 18.4 Å². The number of nitrogens with zero attached hydrogens (tertiary/aromatic N) is 5. The lowest BCUT2D eigenvalue weighted by Gasteiger charge is -2.24. The van der Waals surface area contributed by atoms with E-state index in [4.69, 9.17) is 4.74 Å². The van der Waals surface area contributed by atoms with Gasteiger partial charge in [0.1, 0.15) is 11.4 Å². The van der Waals surface area contributed by atoms with Gasteiger partial charge in [-0.3, -0.25) is 4.90 Å². The molecular weight excluding hydrogens is 488 g/mol. The number of aromatic carboxylic acids is 1. The number of tetrazole rings is 1. The van der Waals surface area contributed by atoms with Crippen molar-refractivity contribution in [3.8, 4) is 11.4 Å². The number of methoxy groups -OCH3 is 1. The molecule has 190 valence electrons. The molecule has 10 nitrogen and oxygen atoms in total. The van der Waals surface area contributed by atoms with Gasteiger partial charge in [-0.05, 0) is 59.2 Å². The van der Waals surface area contributed by atoms with E-state index in [1.165, 1.54) is 25.3 Å². The number of carboxylic acid groups (broad SMARTS) is 1. The lowest BCUT2D eigenvalue weighted by molar-refractivity contribution is 0.0696. The monoisotopic (exact) mass is 509 g/mol. The molecule has 1 aromatic heterocycles. The number of aryl methyl sites for hydroxylation is 1. The summed E-state index contributed by atoms with van der Waals surface area (Å²) in [6.45, 7) is 0.0283. The molecule has 0 unspecified atom stereocenters. The second-order valence-electron chi connectivity index (χ2n) is 7.87. The number of aromatic nitrogens is 4. The van der Waals surface area contributed by atoms with E-state index in [1.54, 1.807) is 0 Å². The van der Waals surface area contributed by atoms with Crippen molar-refractivity contribution in [1.29, 1.82) is 0 Å². The van der Waals surface area contributed by atoms with Crippen molar-refractivity contribution < 1.29 is 28.2 Å². The molecular formula is C25H21F2N5O5. The first-order chi connectivity index (χ1) is 17.8. The quantitative estimate of drug-likeness (QED) is 0.361. The summed E-state index contributed by atoms with van der Waals surface area (Å²) in [5.41, 5.74) is -1.05. The zero-order valence-corrected chi connectivity index (χ0v) is 19.5. The van der Waals surface area contributed by atoms with Gasteiger partial charge in [0, 0.05) is 6.54 Å². The molecule has 0 aliphatic carbocycles. The summed E-state index contributed by atoms with van der Waals surface area (Å²) in [5, 5.41) is 16.5. The van der Waals surface area contributed by atoms with E-state index in [9.17, 15) is 28.3 Å². The Kier molecular flexibility index (Phi) is 7.37. The maximum Gasteiger partial charge on any atom is 0.377 e. The van der Waals surface area contributed by atoms with Crippen molar-refractivity contribution >= 4 is 17.7 Å². The maximum atomic E-state index is 14.3. The van der Waals surface area contributed by atoms with Crippen molar-refractivity contribution in [2.24, 2.45) is 0 Å². The number of para-hydroxylation sites is 1. The first-order valence-corrected chi connectivity index (χ1v) is 11.1. The van der Waals surface area contributed by atoms with E-state index >= 15 is 0 Å². The molecule has 0 fully saturated rings. The first kappa shape index (κ1) is 25.2. The minimum Gasteiger partial charge on any atom is -0.495 e. The fourth-order valence-corrected chi connectivity index (χ4v) is 3.75. The van der Waals surface area contributed by atoms with Crippen LogP contribution in [0.4, 0.5) is 19.3 Å². The molecule has 37 heavy (non-hydrogen) atoms. The lowest BCUT2D eigenvalue weighted by Crippen LogP contribution is -2.42. The van der Waals surface area contributed by atoms with Gasteiger partial charge >= 0.3 is 17.7 Å². The third-order valence-electron chi connectivity index (χ3n) is 5.55. The highest BCUT2D eigenvalue weighted by molar-refractivity contribution is 5.97. The number of hydrogen-bond acceptors (Lipinski definition) is 6. The number of halogens is 2. The summed E-state index contributed by atoms with van der Waals surface area (Å²) in [4.78, 5) is 39.2. The third kappa shape index (κ3) is 5.22. The molecule has 3 aromatic carbocycles. The number of amides is 1. The average molecular weight is 509 g/mol. The predicted molar refractivity (Wildman–Crippen MR) is 128 cm³/mol. The number of carboxylic acids is 1. The van der Waals surface area contributed by atoms with Crippen molar-refractivity contribution in [2.75, 3.05) is 18.6 Å². The van der Waals surface area contributed by atoms with E-state index in [0.717, 1.165) is 28.7 Å². The Labute approximate surface area is 208 Å². The van der Waals surface area contributed by atoms with Crippen LogP contribution >= 0.6 is 0 Å². The highest BCUT2D eigenvalue weighted by Crippen LogP contribution is 2.30. The fourth-order valence-electron chi connectivity index (χ4n) is 3.75. The van der Waals surface area contributed by atoms with Crippen LogP contribution < -0.4 is 15.3 Å². The van der Waals surface area contributed by atoms with Crippen LogP contribution in [0.15, 0.2) is 71.5 Å². The van der Waals surface area contributed by atoms with E-state index in [1.807, 2.05) is 30.3 Å². The van der Waals surface area contributed by atoms with Crippen LogP contribution in [0.3, 0.4) is 0 Å². The minimum absolute atomic E-state index is 0.0283. The molecule has 0 spiro atoms. The standard InChI is InChI=1S/C25H21F2N5O5/c1-37-21-13-12-17(23(33)34)15-20(21)30(14-6-9-16-7-3-2-4-8-16)24(35)32-25(36)31(28-29-32)22-18(26)10-5-11-19(22)27/h2-5,7-8,10-13,15H,6,9,14H2,1H3,(H,33,34). The summed E-state index contributed by atoms with van der Waals surface area (Å²) in [5.74, 6) is -3.22. The van der Waals surface area contributed by atoms with Gasteiger partial charge in [-0.15, -0.1) is 4.68 Å². The molecule has 0 radical (unpaired) electrons. The Morgan fingerprint density at radius 3 is 2.35 bits per heavy atom. The summed E-state index contributed by atoms with van der Waals surface area (Å²) in [6, 6.07) is 15.3. The smallest absolute Gasteiger partial charge is 0.377 e. The van der Waals surface area contributed by atoms with Gasteiger partial charge < -0.3 is 9.84 Å². The second kappa shape index (κ2) is 10.8. The molecule has 0 saturated heterocycles. The fraction of sp³-hybridized carbons (Fsp3) is 0.160. The van der Waals surface area contributed by atoms with Gasteiger partial charge in [0.2, 0.25) is 0 Å². The summed E-state index contributed by atoms with van der Waals surface area (Å²) >= 11 is 0. The molecule has 0 bridgehead atoms. The minimum atomic E-state index is -1.24. The van der Waals surface area contributed by atoms with Crippen LogP contribution in [0.1, 0.15) is 22.3 Å². The Morgan fingerprint density at radius 2 is 1.70 bits per heavy atom. The third-order valence-corrected chi connectivity index (χ3v) is 5.55. The van der Waals surface area contributed by atoms with Crippen molar-refractivity contribution in [2.45, 2.75) is 12.8 Å². The zero-order valence-electron chi connectivity index (χ0n) is 19.5. The topological polar surface area (TPSA) is 120 Å². The number of carbonyl (C=O) groups excluding carboxylic acids is 1. The second-order valence-corrected chi connectivity index (χ2v) is 7.87. The Hall–Kier alpha value is -4.87. The molecule has 1 N–H and O–H groups in total. The SMILES string of the molecule is COc1ccc(C(=O)O)cc1N(CCCc1ccccc1)C(=O)n1nnn(-c2c(F)cccc2F)c1=O. The largest absolute Gasteiger partial charge is 0.495 e. The van der Waals surface area contributed by atoms with Gasteiger partial charge in [-0.2, -0.15) is 4.68 Å². The average Bonchev–Trinajstić information content (AvgIpc) is 3.27. The molecule has 0 saturated carbocycles. The number of ether oxygens (including phenoxy) is 1. The molecule has 0 aliphatic heterocycles. The van der Waals surface area contributed by atoms with Crippen molar-refractivity contribution in [3.63, 3.8) is 0 Å². The normalized spacial score (nSPS) is 10.8. The molecule has 0 atom stereocenters. The van der Waals surface area contributed by atoms with Gasteiger partial charge in [-0.25, -0.2) is 23.2 Å². The van der Waals surface area contributed by atoms with E-state index in [-0.39, 0.29) is 23.5 Å². The number of benzene rings is 3. The summed E-state index contributed by atoms with van der Waals surface area (Å²) < 4.78 is 34.5. The number of carbonyl (C=O) groups is 2. The van der Waals surface area contributed by atoms with Gasteiger partial charge in [-0.1, -0.05) is 36.4 Å². The molecule has 1 heterocycles. The molecule has 4 rings (SSSR count). The van der Waals surface area contributed by atoms with Crippen LogP contribution in [0.5, 0.6) is 5.75 Å². The Bertz CT molecular complexity index is 1480. The highest BCUT2D eigenvalue weighted by atomic mass is 19.1. The predicted octanol–water partition coefficient (Wildman–Crippen LogP) is 3.52. The summed E-state index contributed by atoms with van der Waals surface area (Å²) in [7, 11) is 1.34. The van der Waals surface area contributed by atoms with E-state index < -0.39 is 35.0 Å². The van der Waals surface area contributed by atoms with Crippen LogP contribution in [0.2, 0.25) is 0 Å². The van der Waals surface area contributed by atoms with Crippen LogP contribution in [-0.2, 0) is 6.42 Å². The Morgan fingerprint density at radius 1 is 1.00 bits per heavy atom.